The zero-order valence-corrected chi connectivity index (χ0v) is 20.1. The summed E-state index contributed by atoms with van der Waals surface area (Å²) >= 11 is 0. The lowest BCUT2D eigenvalue weighted by Crippen LogP contribution is -2.42. The van der Waals surface area contributed by atoms with Crippen LogP contribution in [0, 0.1) is 12.7 Å². The third kappa shape index (κ3) is 5.89. The minimum absolute atomic E-state index is 0.0118. The Balaban J connectivity index is 1.63. The van der Waals surface area contributed by atoms with E-state index in [9.17, 15) is 18.8 Å². The smallest absolute Gasteiger partial charge is 0.354 e. The molecule has 0 fully saturated rings. The van der Waals surface area contributed by atoms with Gasteiger partial charge in [0.25, 0.3) is 0 Å². The summed E-state index contributed by atoms with van der Waals surface area (Å²) in [5.41, 5.74) is 0.866. The number of aromatic carboxylic acids is 1. The number of nitrogens with one attached hydrogen (secondary N) is 1. The maximum Gasteiger partial charge on any atom is 0.354 e. The molecule has 0 bridgehead atoms. The fraction of sp³-hybridized carbons (Fsp3) is 0.192. The van der Waals surface area contributed by atoms with Crippen molar-refractivity contribution in [1.29, 1.82) is 0 Å². The van der Waals surface area contributed by atoms with Crippen LogP contribution in [-0.2, 0) is 13.1 Å². The molecule has 0 amide bonds. The van der Waals surface area contributed by atoms with Gasteiger partial charge in [-0.3, -0.25) is 4.57 Å². The number of carboxylic acids is 1. The van der Waals surface area contributed by atoms with Crippen molar-refractivity contribution in [2.24, 2.45) is 0 Å². The fourth-order valence-corrected chi connectivity index (χ4v) is 3.53. The van der Waals surface area contributed by atoms with Crippen LogP contribution in [0.5, 0.6) is 11.6 Å². The molecule has 2 N–H and O–H groups in total. The first kappa shape index (κ1) is 25.3. The number of aromatic nitrogens is 4. The predicted molar refractivity (Wildman–Crippen MR) is 134 cm³/mol. The van der Waals surface area contributed by atoms with Crippen LogP contribution in [0.3, 0.4) is 0 Å². The van der Waals surface area contributed by atoms with Crippen LogP contribution in [0.4, 0.5) is 16.0 Å². The summed E-state index contributed by atoms with van der Waals surface area (Å²) in [4.78, 5) is 44.6. The molecule has 2 aromatic heterocycles. The molecule has 10 nitrogen and oxygen atoms in total. The van der Waals surface area contributed by atoms with Gasteiger partial charge in [0.15, 0.2) is 11.6 Å². The number of rotatable bonds is 9. The van der Waals surface area contributed by atoms with E-state index in [2.05, 4.69) is 15.3 Å². The van der Waals surface area contributed by atoms with Crippen molar-refractivity contribution in [3.63, 3.8) is 0 Å². The minimum Gasteiger partial charge on any atom is -0.478 e. The second kappa shape index (κ2) is 10.9. The molecular formula is C26H24FN5O5. The second-order valence-electron chi connectivity index (χ2n) is 8.29. The van der Waals surface area contributed by atoms with Gasteiger partial charge in [-0.2, -0.15) is 4.98 Å². The zero-order valence-electron chi connectivity index (χ0n) is 20.1. The molecule has 11 heteroatoms. The SMILES string of the molecule is CCCn1c(=O)nc(Nc2ccc(Oc3ccc(C(=O)O)cn3)c(F)c2)n(Cc2ccc(C)cc2)c1=O. The van der Waals surface area contributed by atoms with Crippen LogP contribution in [0.1, 0.15) is 34.8 Å². The summed E-state index contributed by atoms with van der Waals surface area (Å²) in [5.74, 6) is -2.05. The van der Waals surface area contributed by atoms with Crippen LogP contribution < -0.4 is 21.4 Å². The van der Waals surface area contributed by atoms with Gasteiger partial charge in [-0.15, -0.1) is 0 Å². The zero-order chi connectivity index (χ0) is 26.5. The van der Waals surface area contributed by atoms with Crippen LogP contribution in [0.15, 0.2) is 70.4 Å². The van der Waals surface area contributed by atoms with Gasteiger partial charge in [0, 0.05) is 30.6 Å². The highest BCUT2D eigenvalue weighted by molar-refractivity contribution is 5.87. The number of anilines is 2. The van der Waals surface area contributed by atoms with Crippen molar-refractivity contribution in [2.45, 2.75) is 33.4 Å². The van der Waals surface area contributed by atoms with Crippen LogP contribution in [0.25, 0.3) is 0 Å². The van der Waals surface area contributed by atoms with E-state index in [4.69, 9.17) is 9.84 Å². The lowest BCUT2D eigenvalue weighted by molar-refractivity contribution is 0.0696. The Bertz CT molecular complexity index is 1550. The third-order valence-corrected chi connectivity index (χ3v) is 5.44. The molecule has 37 heavy (non-hydrogen) atoms. The van der Waals surface area contributed by atoms with Crippen molar-refractivity contribution < 1.29 is 19.0 Å². The number of hydrogen-bond acceptors (Lipinski definition) is 7. The maximum atomic E-state index is 14.8. The minimum atomic E-state index is -1.14. The molecule has 0 aliphatic carbocycles. The third-order valence-electron chi connectivity index (χ3n) is 5.44. The number of carbonyl (C=O) groups is 1. The molecule has 4 aromatic rings. The van der Waals surface area contributed by atoms with Crippen LogP contribution in [0.2, 0.25) is 0 Å². The van der Waals surface area contributed by atoms with E-state index < -0.39 is 23.2 Å². The molecule has 0 atom stereocenters. The van der Waals surface area contributed by atoms with Crippen molar-refractivity contribution in [3.8, 4) is 11.6 Å². The average Bonchev–Trinajstić information content (AvgIpc) is 2.87. The highest BCUT2D eigenvalue weighted by atomic mass is 19.1. The van der Waals surface area contributed by atoms with Crippen molar-refractivity contribution in [2.75, 3.05) is 5.32 Å². The lowest BCUT2D eigenvalue weighted by Gasteiger charge is -2.16. The monoisotopic (exact) mass is 505 g/mol. The molecule has 2 aromatic carbocycles. The van der Waals surface area contributed by atoms with E-state index in [0.717, 1.165) is 28.0 Å². The van der Waals surface area contributed by atoms with Gasteiger partial charge in [-0.25, -0.2) is 28.3 Å². The Morgan fingerprint density at radius 3 is 2.46 bits per heavy atom. The molecule has 2 heterocycles. The lowest BCUT2D eigenvalue weighted by atomic mass is 10.1. The van der Waals surface area contributed by atoms with E-state index >= 15 is 0 Å². The molecule has 0 saturated carbocycles. The summed E-state index contributed by atoms with van der Waals surface area (Å²) in [5, 5.41) is 11.8. The number of carboxylic acid groups (broad SMARTS) is 1. The number of ether oxygens (including phenoxy) is 1. The van der Waals surface area contributed by atoms with Crippen LogP contribution >= 0.6 is 0 Å². The standard InChI is InChI=1S/C26H24FN5O5/c1-3-12-31-25(35)30-24(32(26(31)36)15-17-6-4-16(2)5-7-17)29-19-9-10-21(20(27)13-19)37-22-11-8-18(14-28-22)23(33)34/h4-11,13-14H,3,12,15H2,1-2H3,(H,33,34)(H,29,30,35). The topological polar surface area (TPSA) is 128 Å². The largest absolute Gasteiger partial charge is 0.478 e. The summed E-state index contributed by atoms with van der Waals surface area (Å²) < 4.78 is 22.6. The fourth-order valence-electron chi connectivity index (χ4n) is 3.53. The average molecular weight is 506 g/mol. The number of halogens is 1. The van der Waals surface area contributed by atoms with Crippen molar-refractivity contribution in [3.05, 3.63) is 104 Å². The first-order valence-corrected chi connectivity index (χ1v) is 11.5. The summed E-state index contributed by atoms with van der Waals surface area (Å²) in [6.45, 7) is 4.18. The number of benzene rings is 2. The molecule has 4 rings (SSSR count). The molecule has 0 aliphatic heterocycles. The molecule has 0 aliphatic rings. The van der Waals surface area contributed by atoms with E-state index in [0.29, 0.717) is 6.42 Å². The van der Waals surface area contributed by atoms with Gasteiger partial charge in [0.2, 0.25) is 11.8 Å². The highest BCUT2D eigenvalue weighted by Crippen LogP contribution is 2.27. The number of nitrogens with zero attached hydrogens (tertiary/aromatic N) is 4. The Morgan fingerprint density at radius 2 is 1.84 bits per heavy atom. The normalized spacial score (nSPS) is 10.8. The molecular weight excluding hydrogens is 481 g/mol. The molecule has 0 radical (unpaired) electrons. The predicted octanol–water partition coefficient (Wildman–Crippen LogP) is 3.94. The Kier molecular flexibility index (Phi) is 7.42. The second-order valence-corrected chi connectivity index (χ2v) is 8.29. The van der Waals surface area contributed by atoms with Crippen LogP contribution in [-0.4, -0.2) is 30.2 Å². The highest BCUT2D eigenvalue weighted by Gasteiger charge is 2.15. The van der Waals surface area contributed by atoms with E-state index in [1.54, 1.807) is 0 Å². The summed E-state index contributed by atoms with van der Waals surface area (Å²) in [6, 6.07) is 14.2. The summed E-state index contributed by atoms with van der Waals surface area (Å²) in [7, 11) is 0. The van der Waals surface area contributed by atoms with Crippen molar-refractivity contribution in [1.82, 2.24) is 19.1 Å². The molecule has 0 saturated heterocycles. The summed E-state index contributed by atoms with van der Waals surface area (Å²) in [6.07, 6.45) is 1.68. The number of aryl methyl sites for hydroxylation is 1. The van der Waals surface area contributed by atoms with Crippen molar-refractivity contribution >= 4 is 17.6 Å². The first-order valence-electron chi connectivity index (χ1n) is 11.5. The molecule has 0 spiro atoms. The van der Waals surface area contributed by atoms with E-state index in [1.807, 2.05) is 38.1 Å². The number of pyridine rings is 1. The van der Waals surface area contributed by atoms with Gasteiger partial charge < -0.3 is 15.2 Å². The van der Waals surface area contributed by atoms with Gasteiger partial charge in [-0.05, 0) is 37.1 Å². The molecule has 0 unspecified atom stereocenters. The number of hydrogen-bond donors (Lipinski definition) is 2. The quantitative estimate of drug-likeness (QED) is 0.350. The van der Waals surface area contributed by atoms with E-state index in [-0.39, 0.29) is 41.9 Å². The maximum absolute atomic E-state index is 14.8. The Hall–Kier alpha value is -4.80. The molecule has 190 valence electrons. The van der Waals surface area contributed by atoms with E-state index in [1.165, 1.54) is 28.8 Å². The van der Waals surface area contributed by atoms with Gasteiger partial charge >= 0.3 is 17.3 Å². The Morgan fingerprint density at radius 1 is 1.08 bits per heavy atom. The Labute approximate surface area is 210 Å². The van der Waals surface area contributed by atoms with Gasteiger partial charge in [0.1, 0.15) is 0 Å². The van der Waals surface area contributed by atoms with Gasteiger partial charge in [0.05, 0.1) is 12.1 Å². The van der Waals surface area contributed by atoms with Gasteiger partial charge in [-0.1, -0.05) is 36.8 Å². The first-order chi connectivity index (χ1) is 17.7.